The second-order valence-corrected chi connectivity index (χ2v) is 7.77. The molecule has 30 heavy (non-hydrogen) atoms. The number of nitrogen functional groups attached to an aromatic ring is 1. The largest absolute Gasteiger partial charge is 0.397 e. The monoisotopic (exact) mass is 409 g/mol. The summed E-state index contributed by atoms with van der Waals surface area (Å²) < 4.78 is 0. The fraction of sp³-hybridized carbons (Fsp3) is 0. The fourth-order valence-electron chi connectivity index (χ4n) is 3.65. The molecule has 0 fully saturated rings. The molecular weight excluding hydrogens is 394 g/mol. The smallest absolute Gasteiger partial charge is 0.159 e. The van der Waals surface area contributed by atoms with Crippen LogP contribution in [0.2, 0.25) is 0 Å². The van der Waals surface area contributed by atoms with Crippen molar-refractivity contribution in [3.05, 3.63) is 65.7 Å². The van der Waals surface area contributed by atoms with E-state index in [-0.39, 0.29) is 0 Å². The average molecular weight is 409 g/mol. The highest BCUT2D eigenvalue weighted by Gasteiger charge is 2.16. The Bertz CT molecular complexity index is 1510. The van der Waals surface area contributed by atoms with Gasteiger partial charge in [-0.1, -0.05) is 6.07 Å². The molecule has 0 saturated heterocycles. The molecular formula is C22H15N7S. The second kappa shape index (κ2) is 6.50. The van der Waals surface area contributed by atoms with Crippen LogP contribution in [0, 0.1) is 0 Å². The summed E-state index contributed by atoms with van der Waals surface area (Å²) in [5, 5.41) is 12.7. The van der Waals surface area contributed by atoms with Crippen molar-refractivity contribution in [1.82, 2.24) is 30.1 Å². The number of thiophene rings is 1. The van der Waals surface area contributed by atoms with E-state index in [1.54, 1.807) is 29.9 Å². The number of H-pyrrole nitrogens is 2. The zero-order valence-electron chi connectivity index (χ0n) is 15.6. The van der Waals surface area contributed by atoms with Crippen LogP contribution in [0.5, 0.6) is 0 Å². The number of benzene rings is 1. The van der Waals surface area contributed by atoms with Crippen molar-refractivity contribution in [2.45, 2.75) is 0 Å². The zero-order chi connectivity index (χ0) is 20.1. The third kappa shape index (κ3) is 2.66. The van der Waals surface area contributed by atoms with Gasteiger partial charge in [0.25, 0.3) is 0 Å². The van der Waals surface area contributed by atoms with Gasteiger partial charge >= 0.3 is 0 Å². The molecule has 0 radical (unpaired) electrons. The molecule has 5 heterocycles. The summed E-state index contributed by atoms with van der Waals surface area (Å²) in [7, 11) is 0. The number of hydrogen-bond acceptors (Lipinski definition) is 6. The van der Waals surface area contributed by atoms with E-state index in [2.05, 4.69) is 42.7 Å². The molecule has 6 rings (SSSR count). The molecule has 5 aromatic heterocycles. The van der Waals surface area contributed by atoms with E-state index in [1.807, 2.05) is 29.6 Å². The van der Waals surface area contributed by atoms with Gasteiger partial charge < -0.3 is 10.7 Å². The van der Waals surface area contributed by atoms with Gasteiger partial charge in [-0.15, -0.1) is 0 Å². The van der Waals surface area contributed by atoms with Gasteiger partial charge in [0.15, 0.2) is 5.82 Å². The van der Waals surface area contributed by atoms with Crippen LogP contribution in [-0.2, 0) is 0 Å². The Morgan fingerprint density at radius 2 is 1.87 bits per heavy atom. The number of rotatable bonds is 3. The number of pyridine rings is 2. The lowest BCUT2D eigenvalue weighted by Gasteiger charge is -2.03. The molecule has 0 aliphatic rings. The molecule has 0 amide bonds. The zero-order valence-corrected chi connectivity index (χ0v) is 16.4. The maximum Gasteiger partial charge on any atom is 0.159 e. The van der Waals surface area contributed by atoms with Crippen LogP contribution in [0.15, 0.2) is 65.7 Å². The molecule has 0 saturated carbocycles. The molecule has 0 aliphatic carbocycles. The van der Waals surface area contributed by atoms with Crippen LogP contribution in [0.4, 0.5) is 5.69 Å². The van der Waals surface area contributed by atoms with Crippen molar-refractivity contribution in [1.29, 1.82) is 0 Å². The molecule has 0 spiro atoms. The average Bonchev–Trinajstić information content (AvgIpc) is 3.51. The van der Waals surface area contributed by atoms with Crippen LogP contribution in [0.25, 0.3) is 55.8 Å². The first-order valence-electron chi connectivity index (χ1n) is 9.33. The SMILES string of the molecule is Nc1cncc(-c2ccc3[nH]nc(-c4nc5c(-c6ccsc6)nccc5[nH]4)c3c2)c1. The minimum Gasteiger partial charge on any atom is -0.397 e. The van der Waals surface area contributed by atoms with Gasteiger partial charge in [0.1, 0.15) is 11.2 Å². The Morgan fingerprint density at radius 3 is 2.73 bits per heavy atom. The summed E-state index contributed by atoms with van der Waals surface area (Å²) >= 11 is 1.64. The second-order valence-electron chi connectivity index (χ2n) is 6.99. The topological polar surface area (TPSA) is 109 Å². The summed E-state index contributed by atoms with van der Waals surface area (Å²) in [4.78, 5) is 17.0. The van der Waals surface area contributed by atoms with E-state index < -0.39 is 0 Å². The first-order chi connectivity index (χ1) is 14.8. The summed E-state index contributed by atoms with van der Waals surface area (Å²) in [5.41, 5.74) is 13.9. The van der Waals surface area contributed by atoms with Crippen molar-refractivity contribution < 1.29 is 0 Å². The van der Waals surface area contributed by atoms with E-state index in [9.17, 15) is 0 Å². The lowest BCUT2D eigenvalue weighted by Crippen LogP contribution is -1.88. The van der Waals surface area contributed by atoms with Crippen LogP contribution in [-0.4, -0.2) is 30.1 Å². The Balaban J connectivity index is 1.52. The van der Waals surface area contributed by atoms with E-state index in [0.717, 1.165) is 50.0 Å². The first kappa shape index (κ1) is 16.9. The Labute approximate surface area is 174 Å². The third-order valence-corrected chi connectivity index (χ3v) is 5.76. The number of aromatic amines is 2. The van der Waals surface area contributed by atoms with Gasteiger partial charge in [-0.25, -0.2) is 4.98 Å². The maximum absolute atomic E-state index is 5.91. The highest BCUT2D eigenvalue weighted by molar-refractivity contribution is 7.08. The summed E-state index contributed by atoms with van der Waals surface area (Å²) in [6, 6.07) is 12.0. The number of imidazole rings is 1. The van der Waals surface area contributed by atoms with Crippen LogP contribution in [0.1, 0.15) is 0 Å². The van der Waals surface area contributed by atoms with Crippen LogP contribution < -0.4 is 5.73 Å². The highest BCUT2D eigenvalue weighted by Crippen LogP contribution is 2.32. The number of nitrogens with one attached hydrogen (secondary N) is 2. The van der Waals surface area contributed by atoms with Crippen LogP contribution >= 0.6 is 11.3 Å². The molecule has 0 bridgehead atoms. The number of nitrogens with zero attached hydrogens (tertiary/aromatic N) is 4. The highest BCUT2D eigenvalue weighted by atomic mass is 32.1. The first-order valence-corrected chi connectivity index (χ1v) is 10.3. The van der Waals surface area contributed by atoms with Gasteiger partial charge in [-0.3, -0.25) is 15.1 Å². The Kier molecular flexibility index (Phi) is 3.65. The summed E-state index contributed by atoms with van der Waals surface area (Å²) in [5.74, 6) is 0.698. The van der Waals surface area contributed by atoms with E-state index in [1.165, 1.54) is 0 Å². The number of hydrogen-bond donors (Lipinski definition) is 3. The predicted octanol–water partition coefficient (Wildman–Crippen LogP) is 4.87. The molecule has 0 aliphatic heterocycles. The standard InChI is InChI=1S/C22H15N7S/c23-15-7-14(9-24-10-15)12-1-2-17-16(8-12)20(29-28-17)22-26-18-3-5-25-19(21(18)27-22)13-4-6-30-11-13/h1-11H,23H2,(H,26,27)(H,28,29). The molecule has 6 aromatic rings. The van der Waals surface area contributed by atoms with Gasteiger partial charge in [-0.2, -0.15) is 16.4 Å². The van der Waals surface area contributed by atoms with Crippen molar-refractivity contribution in [2.24, 2.45) is 0 Å². The van der Waals surface area contributed by atoms with Crippen LogP contribution in [0.3, 0.4) is 0 Å². The van der Waals surface area contributed by atoms with Gasteiger partial charge in [0.2, 0.25) is 0 Å². The number of anilines is 1. The number of aromatic nitrogens is 6. The molecule has 1 aromatic carbocycles. The van der Waals surface area contributed by atoms with Gasteiger partial charge in [-0.05, 0) is 41.3 Å². The van der Waals surface area contributed by atoms with Crippen molar-refractivity contribution >= 4 is 39.0 Å². The van der Waals surface area contributed by atoms with Crippen molar-refractivity contribution in [2.75, 3.05) is 5.73 Å². The van der Waals surface area contributed by atoms with E-state index in [4.69, 9.17) is 10.7 Å². The minimum absolute atomic E-state index is 0.630. The molecule has 7 nitrogen and oxygen atoms in total. The molecule has 0 unspecified atom stereocenters. The van der Waals surface area contributed by atoms with Crippen molar-refractivity contribution in [3.8, 4) is 33.9 Å². The normalized spacial score (nSPS) is 11.5. The molecule has 8 heteroatoms. The summed E-state index contributed by atoms with van der Waals surface area (Å²) in [6.07, 6.45) is 5.24. The number of fused-ring (bicyclic) bond motifs is 2. The summed E-state index contributed by atoms with van der Waals surface area (Å²) in [6.45, 7) is 0. The Morgan fingerprint density at radius 1 is 0.900 bits per heavy atom. The molecule has 144 valence electrons. The molecule has 4 N–H and O–H groups in total. The molecule has 0 atom stereocenters. The van der Waals surface area contributed by atoms with Gasteiger partial charge in [0.05, 0.1) is 22.4 Å². The maximum atomic E-state index is 5.91. The lowest BCUT2D eigenvalue weighted by atomic mass is 10.0. The fourth-order valence-corrected chi connectivity index (χ4v) is 4.29. The predicted molar refractivity (Wildman–Crippen MR) is 120 cm³/mol. The van der Waals surface area contributed by atoms with E-state index in [0.29, 0.717) is 11.5 Å². The lowest BCUT2D eigenvalue weighted by molar-refractivity contribution is 1.11. The quantitative estimate of drug-likeness (QED) is 0.386. The number of nitrogens with two attached hydrogens (primary N) is 1. The van der Waals surface area contributed by atoms with Gasteiger partial charge in [0, 0.05) is 40.5 Å². The van der Waals surface area contributed by atoms with E-state index >= 15 is 0 Å². The third-order valence-electron chi connectivity index (χ3n) is 5.08. The Hall–Kier alpha value is -4.04. The van der Waals surface area contributed by atoms with Crippen molar-refractivity contribution in [3.63, 3.8) is 0 Å². The minimum atomic E-state index is 0.630.